The minimum Gasteiger partial charge on any atom is -0.308 e. The van der Waals surface area contributed by atoms with Crippen molar-refractivity contribution in [2.45, 2.75) is 25.8 Å². The van der Waals surface area contributed by atoms with E-state index in [1.54, 1.807) is 12.1 Å². The molecule has 0 amide bonds. The minimum absolute atomic E-state index is 0.0835. The van der Waals surface area contributed by atoms with E-state index in [2.05, 4.69) is 21.8 Å². The maximum Gasteiger partial charge on any atom is 0.141 e. The van der Waals surface area contributed by atoms with Crippen LogP contribution in [0, 0.1) is 5.82 Å². The van der Waals surface area contributed by atoms with Gasteiger partial charge in [0.05, 0.1) is 16.8 Å². The predicted octanol–water partition coefficient (Wildman–Crippen LogP) is 3.61. The van der Waals surface area contributed by atoms with Crippen molar-refractivity contribution < 1.29 is 4.39 Å². The average molecular weight is 300 g/mol. The summed E-state index contributed by atoms with van der Waals surface area (Å²) in [4.78, 5) is 0. The summed E-state index contributed by atoms with van der Waals surface area (Å²) in [6.07, 6.45) is 1.75. The number of nitrogens with one attached hydrogen (secondary N) is 1. The summed E-state index contributed by atoms with van der Waals surface area (Å²) in [5.74, 6) is -0.390. The van der Waals surface area contributed by atoms with Crippen LogP contribution in [0.1, 0.15) is 30.6 Å². The minimum atomic E-state index is -0.390. The van der Waals surface area contributed by atoms with E-state index in [4.69, 9.17) is 11.6 Å². The Hall–Kier alpha value is -1.04. The van der Waals surface area contributed by atoms with E-state index in [1.807, 2.05) is 5.38 Å². The van der Waals surface area contributed by atoms with Crippen LogP contribution < -0.4 is 5.32 Å². The fourth-order valence-electron chi connectivity index (χ4n) is 1.83. The van der Waals surface area contributed by atoms with Crippen LogP contribution in [0.25, 0.3) is 0 Å². The van der Waals surface area contributed by atoms with Crippen molar-refractivity contribution in [2.24, 2.45) is 0 Å². The zero-order valence-electron chi connectivity index (χ0n) is 10.6. The highest BCUT2D eigenvalue weighted by molar-refractivity contribution is 7.03. The third kappa shape index (κ3) is 3.96. The Balaban J connectivity index is 2.13. The summed E-state index contributed by atoms with van der Waals surface area (Å²) in [7, 11) is 0. The zero-order valence-corrected chi connectivity index (χ0v) is 12.1. The van der Waals surface area contributed by atoms with Gasteiger partial charge in [-0.05, 0) is 48.6 Å². The highest BCUT2D eigenvalue weighted by Gasteiger charge is 2.15. The maximum absolute atomic E-state index is 13.1. The monoisotopic (exact) mass is 299 g/mol. The van der Waals surface area contributed by atoms with E-state index in [1.165, 1.54) is 17.6 Å². The van der Waals surface area contributed by atoms with Crippen molar-refractivity contribution in [1.82, 2.24) is 14.9 Å². The lowest BCUT2D eigenvalue weighted by Gasteiger charge is -2.16. The first-order chi connectivity index (χ1) is 9.20. The van der Waals surface area contributed by atoms with Crippen LogP contribution in [0.15, 0.2) is 23.6 Å². The lowest BCUT2D eigenvalue weighted by atomic mass is 10.0. The van der Waals surface area contributed by atoms with Crippen LogP contribution in [0.2, 0.25) is 5.02 Å². The third-order valence-electron chi connectivity index (χ3n) is 2.80. The average Bonchev–Trinajstić information content (AvgIpc) is 2.92. The van der Waals surface area contributed by atoms with Crippen LogP contribution in [0.5, 0.6) is 0 Å². The van der Waals surface area contributed by atoms with Gasteiger partial charge < -0.3 is 5.32 Å². The van der Waals surface area contributed by atoms with E-state index in [9.17, 15) is 4.39 Å². The van der Waals surface area contributed by atoms with E-state index in [0.29, 0.717) is 6.42 Å². The number of benzene rings is 1. The molecule has 3 nitrogen and oxygen atoms in total. The molecule has 2 rings (SSSR count). The molecule has 1 unspecified atom stereocenters. The fourth-order valence-corrected chi connectivity index (χ4v) is 2.54. The van der Waals surface area contributed by atoms with Gasteiger partial charge >= 0.3 is 0 Å². The summed E-state index contributed by atoms with van der Waals surface area (Å²) in [5, 5.41) is 9.61. The molecule has 0 spiro atoms. The molecule has 1 heterocycles. The summed E-state index contributed by atoms with van der Waals surface area (Å²) >= 11 is 7.14. The van der Waals surface area contributed by atoms with Gasteiger partial charge in [-0.3, -0.25) is 0 Å². The van der Waals surface area contributed by atoms with Gasteiger partial charge in [0.2, 0.25) is 0 Å². The molecule has 0 aliphatic carbocycles. The van der Waals surface area contributed by atoms with Crippen LogP contribution in [-0.4, -0.2) is 16.1 Å². The van der Waals surface area contributed by atoms with Crippen molar-refractivity contribution in [3.63, 3.8) is 0 Å². The standard InChI is InChI=1S/C13H15ClFN3S/c1-2-5-16-12(13-8-19-18-17-13)7-9-3-4-11(15)10(14)6-9/h3-4,6,8,12,16H,2,5,7H2,1H3. The summed E-state index contributed by atoms with van der Waals surface area (Å²) in [6, 6.07) is 4.90. The molecule has 1 aromatic carbocycles. The topological polar surface area (TPSA) is 37.8 Å². The van der Waals surface area contributed by atoms with Crippen molar-refractivity contribution in [2.75, 3.05) is 6.54 Å². The number of halogens is 2. The van der Waals surface area contributed by atoms with Gasteiger partial charge in [-0.25, -0.2) is 4.39 Å². The first-order valence-electron chi connectivity index (χ1n) is 6.15. The van der Waals surface area contributed by atoms with E-state index in [0.717, 1.165) is 24.2 Å². The molecule has 0 aliphatic rings. The molecule has 19 heavy (non-hydrogen) atoms. The fraction of sp³-hybridized carbons (Fsp3) is 0.385. The van der Waals surface area contributed by atoms with Gasteiger partial charge in [0.15, 0.2) is 0 Å². The molecule has 1 N–H and O–H groups in total. The molecular weight excluding hydrogens is 285 g/mol. The number of aromatic nitrogens is 2. The van der Waals surface area contributed by atoms with Crippen molar-refractivity contribution in [1.29, 1.82) is 0 Å². The first kappa shape index (κ1) is 14.4. The molecule has 1 atom stereocenters. The summed E-state index contributed by atoms with van der Waals surface area (Å²) in [6.45, 7) is 3.01. The number of nitrogens with zero attached hydrogens (tertiary/aromatic N) is 2. The van der Waals surface area contributed by atoms with Crippen LogP contribution in [-0.2, 0) is 6.42 Å². The molecule has 1 aromatic heterocycles. The number of hydrogen-bond donors (Lipinski definition) is 1. The molecule has 0 radical (unpaired) electrons. The zero-order chi connectivity index (χ0) is 13.7. The van der Waals surface area contributed by atoms with E-state index < -0.39 is 0 Å². The molecule has 0 bridgehead atoms. The van der Waals surface area contributed by atoms with E-state index in [-0.39, 0.29) is 16.9 Å². The van der Waals surface area contributed by atoms with Crippen molar-refractivity contribution in [3.8, 4) is 0 Å². The largest absolute Gasteiger partial charge is 0.308 e. The Labute approximate surface area is 121 Å². The van der Waals surface area contributed by atoms with Crippen molar-refractivity contribution in [3.05, 3.63) is 45.7 Å². The maximum atomic E-state index is 13.1. The first-order valence-corrected chi connectivity index (χ1v) is 7.36. The third-order valence-corrected chi connectivity index (χ3v) is 3.61. The van der Waals surface area contributed by atoms with Gasteiger partial charge in [0, 0.05) is 5.38 Å². The SMILES string of the molecule is CCCNC(Cc1ccc(F)c(Cl)c1)c1csnn1. The molecule has 2 aromatic rings. The van der Waals surface area contributed by atoms with Gasteiger partial charge in [-0.15, -0.1) is 5.10 Å². The Bertz CT molecular complexity index is 519. The number of rotatable bonds is 6. The second-order valence-corrected chi connectivity index (χ2v) is 5.31. The lowest BCUT2D eigenvalue weighted by molar-refractivity contribution is 0.516. The Kier molecular flexibility index (Phi) is 5.24. The molecule has 0 saturated carbocycles. The Morgan fingerprint density at radius 3 is 2.95 bits per heavy atom. The quantitative estimate of drug-likeness (QED) is 0.885. The van der Waals surface area contributed by atoms with Crippen LogP contribution in [0.3, 0.4) is 0 Å². The molecule has 6 heteroatoms. The Morgan fingerprint density at radius 2 is 2.32 bits per heavy atom. The van der Waals surface area contributed by atoms with Crippen LogP contribution >= 0.6 is 23.1 Å². The van der Waals surface area contributed by atoms with Gasteiger partial charge in [0.1, 0.15) is 5.82 Å². The number of hydrogen-bond acceptors (Lipinski definition) is 4. The van der Waals surface area contributed by atoms with E-state index >= 15 is 0 Å². The Morgan fingerprint density at radius 1 is 1.47 bits per heavy atom. The smallest absolute Gasteiger partial charge is 0.141 e. The summed E-state index contributed by atoms with van der Waals surface area (Å²) < 4.78 is 17.0. The molecule has 0 fully saturated rings. The summed E-state index contributed by atoms with van der Waals surface area (Å²) in [5.41, 5.74) is 1.90. The lowest BCUT2D eigenvalue weighted by Crippen LogP contribution is -2.24. The van der Waals surface area contributed by atoms with Crippen molar-refractivity contribution >= 4 is 23.1 Å². The molecular formula is C13H15ClFN3S. The molecule has 102 valence electrons. The second-order valence-electron chi connectivity index (χ2n) is 4.29. The highest BCUT2D eigenvalue weighted by atomic mass is 35.5. The highest BCUT2D eigenvalue weighted by Crippen LogP contribution is 2.21. The predicted molar refractivity (Wildman–Crippen MR) is 76.1 cm³/mol. The second kappa shape index (κ2) is 6.93. The van der Waals surface area contributed by atoms with Gasteiger partial charge in [0.25, 0.3) is 0 Å². The molecule has 0 aliphatic heterocycles. The molecule has 0 saturated heterocycles. The normalized spacial score (nSPS) is 12.6. The van der Waals surface area contributed by atoms with Crippen LogP contribution in [0.4, 0.5) is 4.39 Å². The van der Waals surface area contributed by atoms with Gasteiger partial charge in [-0.1, -0.05) is 29.1 Å². The van der Waals surface area contributed by atoms with Gasteiger partial charge in [-0.2, -0.15) is 0 Å².